The molecule has 2 aromatic carbocycles. The SMILES string of the molecule is Cc1[nH]nc2c1C(c1cc(F)cc(N3CCC(CC(=O)OCc4ccccc4)CC3)c1)(C(C)C)C(C#N)=C(N)O2. The van der Waals surface area contributed by atoms with Crippen molar-refractivity contribution in [1.29, 1.82) is 5.26 Å². The maximum Gasteiger partial charge on any atom is 0.306 e. The lowest BCUT2D eigenvalue weighted by Gasteiger charge is -2.41. The Balaban J connectivity index is 1.36. The van der Waals surface area contributed by atoms with Crippen molar-refractivity contribution < 1.29 is 18.7 Å². The van der Waals surface area contributed by atoms with Crippen molar-refractivity contribution >= 4 is 11.7 Å². The second-order valence-corrected chi connectivity index (χ2v) is 10.9. The van der Waals surface area contributed by atoms with E-state index in [4.69, 9.17) is 15.2 Å². The summed E-state index contributed by atoms with van der Waals surface area (Å²) in [6.07, 6.45) is 1.94. The van der Waals surface area contributed by atoms with Crippen molar-refractivity contribution in [3.63, 3.8) is 0 Å². The second-order valence-electron chi connectivity index (χ2n) is 10.9. The van der Waals surface area contributed by atoms with Crippen LogP contribution < -0.4 is 15.4 Å². The van der Waals surface area contributed by atoms with Crippen molar-refractivity contribution in [3.8, 4) is 11.9 Å². The van der Waals surface area contributed by atoms with Crippen LogP contribution in [0, 0.1) is 35.9 Å². The Morgan fingerprint density at radius 1 is 1.27 bits per heavy atom. The summed E-state index contributed by atoms with van der Waals surface area (Å²) in [5.41, 5.74) is 9.17. The maximum atomic E-state index is 15.3. The van der Waals surface area contributed by atoms with E-state index in [0.29, 0.717) is 36.5 Å². The quantitative estimate of drug-likeness (QED) is 0.392. The Bertz CT molecular complexity index is 1470. The number of rotatable bonds is 7. The third-order valence-corrected chi connectivity index (χ3v) is 8.15. The minimum absolute atomic E-state index is 0.0269. The topological polar surface area (TPSA) is 117 Å². The number of H-pyrrole nitrogens is 1. The van der Waals surface area contributed by atoms with Crippen LogP contribution in [-0.4, -0.2) is 29.3 Å². The van der Waals surface area contributed by atoms with E-state index >= 15 is 4.39 Å². The number of ether oxygens (including phenoxy) is 2. The van der Waals surface area contributed by atoms with Gasteiger partial charge in [-0.2, -0.15) is 5.26 Å². The Morgan fingerprint density at radius 2 is 2.00 bits per heavy atom. The summed E-state index contributed by atoms with van der Waals surface area (Å²) in [5.74, 6) is -0.289. The molecule has 3 heterocycles. The first kappa shape index (κ1) is 27.3. The highest BCUT2D eigenvalue weighted by molar-refractivity contribution is 5.70. The molecule has 9 heteroatoms. The van der Waals surface area contributed by atoms with Gasteiger partial charge in [-0.25, -0.2) is 4.39 Å². The number of allylic oxidation sites excluding steroid dienone is 1. The molecule has 40 heavy (non-hydrogen) atoms. The molecule has 0 bridgehead atoms. The Morgan fingerprint density at radius 3 is 2.67 bits per heavy atom. The summed E-state index contributed by atoms with van der Waals surface area (Å²) in [7, 11) is 0. The summed E-state index contributed by atoms with van der Waals surface area (Å²) in [6, 6.07) is 16.8. The van der Waals surface area contributed by atoms with Crippen LogP contribution in [0.1, 0.15) is 55.5 Å². The number of nitrogens with one attached hydrogen (secondary N) is 1. The van der Waals surface area contributed by atoms with Crippen LogP contribution in [-0.2, 0) is 21.6 Å². The van der Waals surface area contributed by atoms with Gasteiger partial charge in [-0.05, 0) is 60.9 Å². The largest absolute Gasteiger partial charge is 0.461 e. The number of nitrogens with zero attached hydrogens (tertiary/aromatic N) is 3. The molecule has 3 aromatic rings. The Kier molecular flexibility index (Phi) is 7.53. The third kappa shape index (κ3) is 4.90. The molecule has 0 radical (unpaired) electrons. The van der Waals surface area contributed by atoms with E-state index in [1.807, 2.05) is 57.2 Å². The van der Waals surface area contributed by atoms with Crippen LogP contribution in [0.15, 0.2) is 60.0 Å². The first-order valence-electron chi connectivity index (χ1n) is 13.6. The van der Waals surface area contributed by atoms with Gasteiger partial charge in [-0.15, -0.1) is 5.10 Å². The van der Waals surface area contributed by atoms with Crippen LogP contribution in [0.4, 0.5) is 10.1 Å². The minimum Gasteiger partial charge on any atom is -0.461 e. The molecule has 0 saturated carbocycles. The molecule has 2 aliphatic rings. The molecule has 208 valence electrons. The number of aryl methyl sites for hydroxylation is 1. The number of aromatic nitrogens is 2. The fourth-order valence-corrected chi connectivity index (χ4v) is 6.17. The number of halogens is 1. The fraction of sp³-hybridized carbons (Fsp3) is 0.387. The number of carbonyl (C=O) groups excluding carboxylic acids is 1. The van der Waals surface area contributed by atoms with Gasteiger partial charge in [0.25, 0.3) is 0 Å². The number of aromatic amines is 1. The zero-order valence-corrected chi connectivity index (χ0v) is 23.0. The molecule has 0 aliphatic carbocycles. The first-order valence-corrected chi connectivity index (χ1v) is 13.6. The van der Waals surface area contributed by atoms with Gasteiger partial charge in [0.05, 0.1) is 11.0 Å². The van der Waals surface area contributed by atoms with Crippen molar-refractivity contribution in [3.05, 3.63) is 88.2 Å². The Labute approximate surface area is 233 Å². The maximum absolute atomic E-state index is 15.3. The van der Waals surface area contributed by atoms with Crippen LogP contribution in [0.25, 0.3) is 0 Å². The first-order chi connectivity index (χ1) is 19.2. The van der Waals surface area contributed by atoms with E-state index in [2.05, 4.69) is 21.2 Å². The average Bonchev–Trinajstić information content (AvgIpc) is 3.31. The highest BCUT2D eigenvalue weighted by Crippen LogP contribution is 2.53. The smallest absolute Gasteiger partial charge is 0.306 e. The molecular formula is C31H34FN5O3. The lowest BCUT2D eigenvalue weighted by molar-refractivity contribution is -0.146. The number of piperidine rings is 1. The number of hydrogen-bond acceptors (Lipinski definition) is 7. The number of esters is 1. The van der Waals surface area contributed by atoms with Crippen LogP contribution >= 0.6 is 0 Å². The van der Waals surface area contributed by atoms with Gasteiger partial charge in [0, 0.05) is 30.9 Å². The summed E-state index contributed by atoms with van der Waals surface area (Å²) in [4.78, 5) is 14.6. The van der Waals surface area contributed by atoms with Gasteiger partial charge in [0.1, 0.15) is 24.1 Å². The van der Waals surface area contributed by atoms with E-state index < -0.39 is 11.2 Å². The highest BCUT2D eigenvalue weighted by atomic mass is 19.1. The van der Waals surface area contributed by atoms with E-state index in [1.165, 1.54) is 12.1 Å². The van der Waals surface area contributed by atoms with E-state index in [0.717, 1.165) is 29.8 Å². The third-order valence-electron chi connectivity index (χ3n) is 8.15. The molecule has 3 N–H and O–H groups in total. The normalized spacial score (nSPS) is 19.2. The van der Waals surface area contributed by atoms with Crippen molar-refractivity contribution in [2.45, 2.75) is 52.1 Å². The van der Waals surface area contributed by atoms with Crippen molar-refractivity contribution in [2.75, 3.05) is 18.0 Å². The fourth-order valence-electron chi connectivity index (χ4n) is 6.17. The summed E-state index contributed by atoms with van der Waals surface area (Å²) in [6.45, 7) is 7.46. The molecule has 8 nitrogen and oxygen atoms in total. The van der Waals surface area contributed by atoms with E-state index in [1.54, 1.807) is 0 Å². The van der Waals surface area contributed by atoms with E-state index in [9.17, 15) is 10.1 Å². The Hall–Kier alpha value is -4.32. The summed E-state index contributed by atoms with van der Waals surface area (Å²) >= 11 is 0. The van der Waals surface area contributed by atoms with Crippen LogP contribution in [0.3, 0.4) is 0 Å². The summed E-state index contributed by atoms with van der Waals surface area (Å²) in [5, 5.41) is 17.4. The predicted octanol–water partition coefficient (Wildman–Crippen LogP) is 5.24. The number of fused-ring (bicyclic) bond motifs is 1. The van der Waals surface area contributed by atoms with E-state index in [-0.39, 0.29) is 35.9 Å². The number of benzene rings is 2. The zero-order chi connectivity index (χ0) is 28.4. The molecular weight excluding hydrogens is 509 g/mol. The van der Waals surface area contributed by atoms with Gasteiger partial charge >= 0.3 is 5.97 Å². The van der Waals surface area contributed by atoms with Gasteiger partial charge in [0.15, 0.2) is 0 Å². The molecule has 1 fully saturated rings. The van der Waals surface area contributed by atoms with Crippen LogP contribution in [0.5, 0.6) is 5.88 Å². The van der Waals surface area contributed by atoms with Gasteiger partial charge in [-0.1, -0.05) is 44.2 Å². The highest BCUT2D eigenvalue weighted by Gasteiger charge is 2.51. The number of hydrogen-bond donors (Lipinski definition) is 2. The number of carbonyl (C=O) groups is 1. The molecule has 1 unspecified atom stereocenters. The minimum atomic E-state index is -1.04. The zero-order valence-electron chi connectivity index (χ0n) is 23.0. The van der Waals surface area contributed by atoms with Crippen molar-refractivity contribution in [2.24, 2.45) is 17.6 Å². The molecule has 1 saturated heterocycles. The molecule has 1 atom stereocenters. The van der Waals surface area contributed by atoms with Gasteiger partial charge in [0.2, 0.25) is 11.8 Å². The van der Waals surface area contributed by atoms with Crippen molar-refractivity contribution in [1.82, 2.24) is 10.2 Å². The van der Waals surface area contributed by atoms with Crippen LogP contribution in [0.2, 0.25) is 0 Å². The lowest BCUT2D eigenvalue weighted by atomic mass is 9.62. The lowest BCUT2D eigenvalue weighted by Crippen LogP contribution is -2.42. The monoisotopic (exact) mass is 543 g/mol. The second kappa shape index (κ2) is 11.0. The molecule has 0 amide bonds. The van der Waals surface area contributed by atoms with Gasteiger partial charge in [-0.3, -0.25) is 9.89 Å². The average molecular weight is 544 g/mol. The summed E-state index contributed by atoms with van der Waals surface area (Å²) < 4.78 is 26.5. The standard InChI is InChI=1S/C31H34FN5O3/c1-19(2)31(26(17-33)29(34)40-30-28(31)20(3)35-36-30)23-14-24(32)16-25(15-23)37-11-9-21(10-12-37)13-27(38)39-18-22-7-5-4-6-8-22/h4-8,14-16,19,21H,9-13,18,34H2,1-3H3,(H,35,36). The van der Waals surface area contributed by atoms with Gasteiger partial charge < -0.3 is 20.1 Å². The predicted molar refractivity (Wildman–Crippen MR) is 149 cm³/mol. The molecule has 2 aliphatic heterocycles. The number of anilines is 1. The molecule has 5 rings (SSSR count). The molecule has 1 aromatic heterocycles. The number of nitrogens with two attached hydrogens (primary N) is 1. The molecule has 0 spiro atoms. The number of nitriles is 1.